The fourth-order valence-corrected chi connectivity index (χ4v) is 4.83. The van der Waals surface area contributed by atoms with Crippen LogP contribution >= 0.6 is 0 Å². The highest BCUT2D eigenvalue weighted by Crippen LogP contribution is 2.25. The summed E-state index contributed by atoms with van der Waals surface area (Å²) >= 11 is 0. The highest BCUT2D eigenvalue weighted by atomic mass is 32.2. The van der Waals surface area contributed by atoms with E-state index in [1.54, 1.807) is 54.4 Å². The molecule has 7 heteroatoms. The Bertz CT molecular complexity index is 877. The van der Waals surface area contributed by atoms with Gasteiger partial charge in [-0.25, -0.2) is 12.8 Å². The summed E-state index contributed by atoms with van der Waals surface area (Å²) < 4.78 is 39.8. The number of halogens is 1. The van der Waals surface area contributed by atoms with Gasteiger partial charge in [0.2, 0.25) is 15.9 Å². The van der Waals surface area contributed by atoms with Crippen LogP contribution in [0.4, 0.5) is 4.39 Å². The number of carbonyl (C=O) groups excluding carboxylic acids is 1. The zero-order valence-electron chi connectivity index (χ0n) is 15.2. The van der Waals surface area contributed by atoms with E-state index in [1.165, 1.54) is 16.4 Å². The molecule has 1 saturated heterocycles. The Labute approximate surface area is 159 Å². The molecule has 0 unspecified atom stereocenters. The van der Waals surface area contributed by atoms with Gasteiger partial charge in [-0.05, 0) is 42.7 Å². The molecule has 1 heterocycles. The van der Waals surface area contributed by atoms with Crippen LogP contribution in [-0.2, 0) is 21.4 Å². The van der Waals surface area contributed by atoms with Crippen LogP contribution in [-0.4, -0.2) is 43.7 Å². The minimum Gasteiger partial charge on any atom is -0.341 e. The van der Waals surface area contributed by atoms with Crippen molar-refractivity contribution in [1.29, 1.82) is 0 Å². The number of sulfonamides is 1. The molecule has 0 spiro atoms. The van der Waals surface area contributed by atoms with E-state index in [4.69, 9.17) is 0 Å². The van der Waals surface area contributed by atoms with E-state index in [0.717, 1.165) is 5.56 Å². The smallest absolute Gasteiger partial charge is 0.243 e. The number of hydrogen-bond donors (Lipinski definition) is 0. The maximum atomic E-state index is 13.0. The van der Waals surface area contributed by atoms with Gasteiger partial charge in [0.15, 0.2) is 0 Å². The molecule has 0 atom stereocenters. The summed E-state index contributed by atoms with van der Waals surface area (Å²) in [5.74, 6) is -0.506. The van der Waals surface area contributed by atoms with Crippen LogP contribution in [0.3, 0.4) is 0 Å². The third-order valence-electron chi connectivity index (χ3n) is 4.89. The van der Waals surface area contributed by atoms with Crippen molar-refractivity contribution in [3.8, 4) is 0 Å². The highest BCUT2D eigenvalue weighted by Gasteiger charge is 2.33. The van der Waals surface area contributed by atoms with Gasteiger partial charge in [0.05, 0.1) is 4.90 Å². The number of rotatable bonds is 5. The SMILES string of the molecule is CN(Cc1ccc(F)cc1)C(=O)C1CCN(S(=O)(=O)c2ccccc2)CC1. The molecule has 0 aliphatic carbocycles. The topological polar surface area (TPSA) is 57.7 Å². The summed E-state index contributed by atoms with van der Waals surface area (Å²) in [6, 6.07) is 14.4. The van der Waals surface area contributed by atoms with Gasteiger partial charge in [0.1, 0.15) is 5.82 Å². The summed E-state index contributed by atoms with van der Waals surface area (Å²) in [5.41, 5.74) is 0.858. The minimum atomic E-state index is -3.51. The molecule has 1 amide bonds. The maximum Gasteiger partial charge on any atom is 0.243 e. The molecule has 1 aliphatic rings. The summed E-state index contributed by atoms with van der Waals surface area (Å²) in [4.78, 5) is 14.6. The van der Waals surface area contributed by atoms with Gasteiger partial charge < -0.3 is 4.90 Å². The molecule has 0 N–H and O–H groups in total. The molecular formula is C20H23FN2O3S. The van der Waals surface area contributed by atoms with E-state index in [-0.39, 0.29) is 22.5 Å². The first-order valence-electron chi connectivity index (χ1n) is 8.92. The van der Waals surface area contributed by atoms with Crippen LogP contribution in [0.15, 0.2) is 59.5 Å². The predicted molar refractivity (Wildman–Crippen MR) is 101 cm³/mol. The molecular weight excluding hydrogens is 367 g/mol. The van der Waals surface area contributed by atoms with Crippen LogP contribution < -0.4 is 0 Å². The van der Waals surface area contributed by atoms with Gasteiger partial charge in [-0.15, -0.1) is 0 Å². The van der Waals surface area contributed by atoms with Crippen LogP contribution in [0.2, 0.25) is 0 Å². The third kappa shape index (κ3) is 4.54. The molecule has 0 aromatic heterocycles. The van der Waals surface area contributed by atoms with Crippen molar-refractivity contribution in [3.63, 3.8) is 0 Å². The Morgan fingerprint density at radius 1 is 1.07 bits per heavy atom. The average Bonchev–Trinajstić information content (AvgIpc) is 2.70. The zero-order valence-corrected chi connectivity index (χ0v) is 16.0. The summed E-state index contributed by atoms with van der Waals surface area (Å²) in [6.07, 6.45) is 0.997. The Balaban J connectivity index is 1.58. The minimum absolute atomic E-state index is 0.00363. The second-order valence-corrected chi connectivity index (χ2v) is 8.75. The average molecular weight is 390 g/mol. The lowest BCUT2D eigenvalue weighted by molar-refractivity contribution is -0.135. The van der Waals surface area contributed by atoms with E-state index in [2.05, 4.69) is 0 Å². The van der Waals surface area contributed by atoms with Crippen LogP contribution in [0.5, 0.6) is 0 Å². The van der Waals surface area contributed by atoms with Crippen molar-refractivity contribution in [2.24, 2.45) is 5.92 Å². The lowest BCUT2D eigenvalue weighted by Gasteiger charge is -2.32. The van der Waals surface area contributed by atoms with Crippen molar-refractivity contribution in [1.82, 2.24) is 9.21 Å². The van der Waals surface area contributed by atoms with E-state index >= 15 is 0 Å². The number of nitrogens with zero attached hydrogens (tertiary/aromatic N) is 2. The van der Waals surface area contributed by atoms with Crippen molar-refractivity contribution in [2.75, 3.05) is 20.1 Å². The number of benzene rings is 2. The molecule has 0 radical (unpaired) electrons. The quantitative estimate of drug-likeness (QED) is 0.789. The van der Waals surface area contributed by atoms with E-state index in [9.17, 15) is 17.6 Å². The molecule has 0 saturated carbocycles. The molecule has 0 bridgehead atoms. The van der Waals surface area contributed by atoms with Crippen molar-refractivity contribution in [2.45, 2.75) is 24.3 Å². The largest absolute Gasteiger partial charge is 0.341 e. The second kappa shape index (κ2) is 8.19. The Hall–Kier alpha value is -2.25. The summed E-state index contributed by atoms with van der Waals surface area (Å²) in [6.45, 7) is 1.07. The van der Waals surface area contributed by atoms with Gasteiger partial charge in [0.25, 0.3) is 0 Å². The number of piperidine rings is 1. The van der Waals surface area contributed by atoms with Gasteiger partial charge >= 0.3 is 0 Å². The van der Waals surface area contributed by atoms with Crippen molar-refractivity contribution in [3.05, 3.63) is 66.0 Å². The van der Waals surface area contributed by atoms with Crippen molar-refractivity contribution < 1.29 is 17.6 Å². The molecule has 27 heavy (non-hydrogen) atoms. The van der Waals surface area contributed by atoms with Crippen molar-refractivity contribution >= 4 is 15.9 Å². The lowest BCUT2D eigenvalue weighted by atomic mass is 9.96. The molecule has 5 nitrogen and oxygen atoms in total. The first kappa shape index (κ1) is 19.5. The highest BCUT2D eigenvalue weighted by molar-refractivity contribution is 7.89. The number of hydrogen-bond acceptors (Lipinski definition) is 3. The van der Waals surface area contributed by atoms with E-state index in [0.29, 0.717) is 32.5 Å². The molecule has 3 rings (SSSR count). The maximum absolute atomic E-state index is 13.0. The Morgan fingerprint density at radius 3 is 2.26 bits per heavy atom. The monoisotopic (exact) mass is 390 g/mol. The van der Waals surface area contributed by atoms with Gasteiger partial charge in [0, 0.05) is 32.6 Å². The zero-order chi connectivity index (χ0) is 19.4. The first-order chi connectivity index (χ1) is 12.9. The predicted octanol–water partition coefficient (Wildman–Crippen LogP) is 2.89. The first-order valence-corrected chi connectivity index (χ1v) is 10.4. The summed E-state index contributed by atoms with van der Waals surface area (Å²) in [7, 11) is -1.79. The van der Waals surface area contributed by atoms with Gasteiger partial charge in [-0.1, -0.05) is 30.3 Å². The van der Waals surface area contributed by atoms with E-state index < -0.39 is 10.0 Å². The standard InChI is InChI=1S/C20H23FN2O3S/c1-22(15-16-7-9-18(21)10-8-16)20(24)17-11-13-23(14-12-17)27(25,26)19-5-3-2-4-6-19/h2-10,17H,11-15H2,1H3. The fourth-order valence-electron chi connectivity index (χ4n) is 3.34. The molecule has 144 valence electrons. The van der Waals surface area contributed by atoms with Gasteiger partial charge in [-0.3, -0.25) is 4.79 Å². The van der Waals surface area contributed by atoms with Crippen LogP contribution in [0.25, 0.3) is 0 Å². The number of amides is 1. The molecule has 2 aromatic rings. The van der Waals surface area contributed by atoms with Crippen LogP contribution in [0.1, 0.15) is 18.4 Å². The Morgan fingerprint density at radius 2 is 1.67 bits per heavy atom. The fraction of sp³-hybridized carbons (Fsp3) is 0.350. The lowest BCUT2D eigenvalue weighted by Crippen LogP contribution is -2.43. The molecule has 1 aliphatic heterocycles. The number of carbonyl (C=O) groups is 1. The molecule has 2 aromatic carbocycles. The van der Waals surface area contributed by atoms with Crippen LogP contribution in [0, 0.1) is 11.7 Å². The molecule has 1 fully saturated rings. The van der Waals surface area contributed by atoms with Gasteiger partial charge in [-0.2, -0.15) is 4.31 Å². The van der Waals surface area contributed by atoms with E-state index in [1.807, 2.05) is 0 Å². The third-order valence-corrected chi connectivity index (χ3v) is 6.81. The summed E-state index contributed by atoms with van der Waals surface area (Å²) in [5, 5.41) is 0. The Kier molecular flexibility index (Phi) is 5.92. The second-order valence-electron chi connectivity index (χ2n) is 6.81. The normalized spacial score (nSPS) is 16.2.